The van der Waals surface area contributed by atoms with E-state index in [4.69, 9.17) is 5.73 Å². The molecule has 2 rings (SSSR count). The van der Waals surface area contributed by atoms with Crippen LogP contribution in [0.2, 0.25) is 0 Å². The molecule has 1 aliphatic rings. The first-order valence-corrected chi connectivity index (χ1v) is 6.47. The lowest BCUT2D eigenvalue weighted by atomic mass is 9.95. The zero-order valence-corrected chi connectivity index (χ0v) is 10.9. The van der Waals surface area contributed by atoms with Gasteiger partial charge < -0.3 is 10.6 Å². The van der Waals surface area contributed by atoms with Crippen LogP contribution in [0.15, 0.2) is 18.2 Å². The van der Waals surface area contributed by atoms with Crippen LogP contribution >= 0.6 is 0 Å². The van der Waals surface area contributed by atoms with Crippen LogP contribution in [0.25, 0.3) is 0 Å². The van der Waals surface area contributed by atoms with Crippen molar-refractivity contribution < 1.29 is 9.31 Å². The maximum atomic E-state index is 13.7. The normalized spacial score (nSPS) is 23.4. The topological polar surface area (TPSA) is 72.4 Å². The van der Waals surface area contributed by atoms with Gasteiger partial charge in [0.2, 0.25) is 5.82 Å². The van der Waals surface area contributed by atoms with Gasteiger partial charge in [-0.2, -0.15) is 4.39 Å². The molecule has 19 heavy (non-hydrogen) atoms. The maximum absolute atomic E-state index is 13.7. The van der Waals surface area contributed by atoms with E-state index in [-0.39, 0.29) is 12.1 Å². The van der Waals surface area contributed by atoms with Gasteiger partial charge in [-0.25, -0.2) is 0 Å². The zero-order chi connectivity index (χ0) is 14.0. The summed E-state index contributed by atoms with van der Waals surface area (Å²) >= 11 is 0. The van der Waals surface area contributed by atoms with E-state index in [1.54, 1.807) is 6.07 Å². The lowest BCUT2D eigenvalue weighted by Gasteiger charge is -2.41. The molecule has 1 heterocycles. The Morgan fingerprint density at radius 1 is 1.53 bits per heavy atom. The van der Waals surface area contributed by atoms with Crippen LogP contribution in [0.3, 0.4) is 0 Å². The zero-order valence-electron chi connectivity index (χ0n) is 10.9. The Bertz CT molecular complexity index is 481. The van der Waals surface area contributed by atoms with Crippen LogP contribution in [0, 0.1) is 15.9 Å². The van der Waals surface area contributed by atoms with Crippen molar-refractivity contribution in [1.29, 1.82) is 0 Å². The van der Waals surface area contributed by atoms with Crippen LogP contribution < -0.4 is 10.6 Å². The molecule has 1 aromatic rings. The molecular weight excluding hydrogens is 249 g/mol. The highest BCUT2D eigenvalue weighted by Gasteiger charge is 2.33. The summed E-state index contributed by atoms with van der Waals surface area (Å²) < 4.78 is 13.7. The number of rotatable bonds is 3. The molecule has 0 spiro atoms. The first kappa shape index (κ1) is 13.7. The van der Waals surface area contributed by atoms with Crippen LogP contribution in [-0.2, 0) is 0 Å². The minimum atomic E-state index is -0.795. The van der Waals surface area contributed by atoms with Gasteiger partial charge in [0.25, 0.3) is 0 Å². The summed E-state index contributed by atoms with van der Waals surface area (Å²) in [6.07, 6.45) is 2.86. The van der Waals surface area contributed by atoms with Gasteiger partial charge in [-0.05, 0) is 38.3 Å². The van der Waals surface area contributed by atoms with Gasteiger partial charge in [0, 0.05) is 18.6 Å². The Labute approximate surface area is 111 Å². The number of nitrogens with two attached hydrogens (primary N) is 1. The third-order valence-electron chi connectivity index (χ3n) is 3.73. The van der Waals surface area contributed by atoms with Crippen molar-refractivity contribution >= 4 is 11.4 Å². The Balaban J connectivity index is 2.49. The third kappa shape index (κ3) is 2.53. The fourth-order valence-corrected chi connectivity index (χ4v) is 2.85. The first-order chi connectivity index (χ1) is 9.06. The molecular formula is C13H18FN3O2. The number of para-hydroxylation sites is 1. The molecule has 0 radical (unpaired) electrons. The highest BCUT2D eigenvalue weighted by molar-refractivity contribution is 5.65. The molecule has 104 valence electrons. The standard InChI is InChI=1S/C13H18FN3O2/c1-9-4-2-5-10(8-15)16(9)12-7-3-6-11(14)13(12)17(18)19/h3,6-7,9-10H,2,4-5,8,15H2,1H3. The van der Waals surface area contributed by atoms with Crippen molar-refractivity contribution in [2.75, 3.05) is 11.4 Å². The summed E-state index contributed by atoms with van der Waals surface area (Å²) in [5.74, 6) is -0.795. The van der Waals surface area contributed by atoms with E-state index in [9.17, 15) is 14.5 Å². The molecule has 0 amide bonds. The Morgan fingerprint density at radius 3 is 2.89 bits per heavy atom. The number of benzene rings is 1. The van der Waals surface area contributed by atoms with Gasteiger partial charge >= 0.3 is 5.69 Å². The lowest BCUT2D eigenvalue weighted by Crippen LogP contribution is -2.49. The van der Waals surface area contributed by atoms with E-state index in [0.717, 1.165) is 25.3 Å². The van der Waals surface area contributed by atoms with Crippen LogP contribution in [0.1, 0.15) is 26.2 Å². The van der Waals surface area contributed by atoms with Crippen LogP contribution in [-0.4, -0.2) is 23.6 Å². The van der Waals surface area contributed by atoms with E-state index in [2.05, 4.69) is 0 Å². The number of anilines is 1. The average molecular weight is 267 g/mol. The number of nitro benzene ring substituents is 1. The lowest BCUT2D eigenvalue weighted by molar-refractivity contribution is -0.386. The summed E-state index contributed by atoms with van der Waals surface area (Å²) in [7, 11) is 0. The van der Waals surface area contributed by atoms with Crippen molar-refractivity contribution in [2.24, 2.45) is 5.73 Å². The second-order valence-corrected chi connectivity index (χ2v) is 4.94. The Kier molecular flexibility index (Phi) is 3.99. The number of piperidine rings is 1. The SMILES string of the molecule is CC1CCCC(CN)N1c1cccc(F)c1[N+](=O)[O-]. The second-order valence-electron chi connectivity index (χ2n) is 4.94. The molecule has 2 unspecified atom stereocenters. The van der Waals surface area contributed by atoms with E-state index in [1.807, 2.05) is 11.8 Å². The molecule has 1 aromatic carbocycles. The number of halogens is 1. The summed E-state index contributed by atoms with van der Waals surface area (Å²) in [6, 6.07) is 4.39. The number of nitrogens with zero attached hydrogens (tertiary/aromatic N) is 2. The van der Waals surface area contributed by atoms with Crippen molar-refractivity contribution in [3.05, 3.63) is 34.1 Å². The molecule has 1 fully saturated rings. The molecule has 5 nitrogen and oxygen atoms in total. The highest BCUT2D eigenvalue weighted by Crippen LogP contribution is 2.36. The molecule has 0 saturated carbocycles. The van der Waals surface area contributed by atoms with Gasteiger partial charge in [0.05, 0.1) is 4.92 Å². The molecule has 1 saturated heterocycles. The molecule has 1 aliphatic heterocycles. The minimum Gasteiger partial charge on any atom is -0.359 e. The van der Waals surface area contributed by atoms with Crippen LogP contribution in [0.5, 0.6) is 0 Å². The smallest absolute Gasteiger partial charge is 0.327 e. The van der Waals surface area contributed by atoms with Gasteiger partial charge in [-0.15, -0.1) is 0 Å². The van der Waals surface area contributed by atoms with E-state index >= 15 is 0 Å². The largest absolute Gasteiger partial charge is 0.359 e. The molecule has 2 N–H and O–H groups in total. The summed E-state index contributed by atoms with van der Waals surface area (Å²) in [5.41, 5.74) is 5.64. The first-order valence-electron chi connectivity index (χ1n) is 6.47. The van der Waals surface area contributed by atoms with Crippen molar-refractivity contribution in [2.45, 2.75) is 38.3 Å². The third-order valence-corrected chi connectivity index (χ3v) is 3.73. The Morgan fingerprint density at radius 2 is 2.26 bits per heavy atom. The van der Waals surface area contributed by atoms with Gasteiger partial charge in [0.15, 0.2) is 0 Å². The van der Waals surface area contributed by atoms with E-state index in [0.29, 0.717) is 12.2 Å². The molecule has 0 bridgehead atoms. The average Bonchev–Trinajstić information content (AvgIpc) is 2.37. The van der Waals surface area contributed by atoms with Gasteiger partial charge in [0.1, 0.15) is 5.69 Å². The quantitative estimate of drug-likeness (QED) is 0.674. The number of hydrogen-bond acceptors (Lipinski definition) is 4. The van der Waals surface area contributed by atoms with Crippen molar-refractivity contribution in [1.82, 2.24) is 0 Å². The van der Waals surface area contributed by atoms with Crippen LogP contribution in [0.4, 0.5) is 15.8 Å². The number of hydrogen-bond donors (Lipinski definition) is 1. The van der Waals surface area contributed by atoms with Gasteiger partial charge in [-0.1, -0.05) is 6.07 Å². The maximum Gasteiger partial charge on any atom is 0.327 e. The number of nitro groups is 1. The van der Waals surface area contributed by atoms with E-state index < -0.39 is 16.4 Å². The molecule has 0 aliphatic carbocycles. The van der Waals surface area contributed by atoms with Gasteiger partial charge in [-0.3, -0.25) is 10.1 Å². The molecule has 2 atom stereocenters. The molecule has 6 heteroatoms. The van der Waals surface area contributed by atoms with Crippen molar-refractivity contribution in [3.63, 3.8) is 0 Å². The fraction of sp³-hybridized carbons (Fsp3) is 0.538. The predicted molar refractivity (Wildman–Crippen MR) is 71.7 cm³/mol. The second kappa shape index (κ2) is 5.52. The minimum absolute atomic E-state index is 0.0317. The monoisotopic (exact) mass is 267 g/mol. The highest BCUT2D eigenvalue weighted by atomic mass is 19.1. The summed E-state index contributed by atoms with van der Waals surface area (Å²) in [6.45, 7) is 2.41. The molecule has 0 aromatic heterocycles. The summed E-state index contributed by atoms with van der Waals surface area (Å²) in [5, 5.41) is 11.1. The fourth-order valence-electron chi connectivity index (χ4n) is 2.85. The Hall–Kier alpha value is -1.69. The van der Waals surface area contributed by atoms with E-state index in [1.165, 1.54) is 6.07 Å². The predicted octanol–water partition coefficient (Wildman–Crippen LogP) is 2.44. The van der Waals surface area contributed by atoms with Crippen molar-refractivity contribution in [3.8, 4) is 0 Å². The summed E-state index contributed by atoms with van der Waals surface area (Å²) in [4.78, 5) is 12.3.